The van der Waals surface area contributed by atoms with Crippen molar-refractivity contribution in [2.75, 3.05) is 7.11 Å². The highest BCUT2D eigenvalue weighted by molar-refractivity contribution is 5.49. The molecule has 3 heteroatoms. The van der Waals surface area contributed by atoms with Crippen LogP contribution in [0, 0.1) is 0 Å². The standard InChI is InChI=1S/C18H22O3/c1-18(2,15-7-5-4-6-8-15)16-9-13(11-19)17(21-3)14(10-16)12-20/h4-10,19-20H,11-12H2,1-3H3. The van der Waals surface area contributed by atoms with Gasteiger partial charge in [0, 0.05) is 16.5 Å². The van der Waals surface area contributed by atoms with E-state index < -0.39 is 0 Å². The fourth-order valence-corrected chi connectivity index (χ4v) is 2.63. The minimum atomic E-state index is -0.221. The van der Waals surface area contributed by atoms with Crippen molar-refractivity contribution in [3.05, 3.63) is 64.7 Å². The number of ether oxygens (including phenoxy) is 1. The summed E-state index contributed by atoms with van der Waals surface area (Å²) in [6, 6.07) is 14.1. The zero-order valence-corrected chi connectivity index (χ0v) is 12.8. The van der Waals surface area contributed by atoms with E-state index in [4.69, 9.17) is 4.74 Å². The Kier molecular flexibility index (Phi) is 4.66. The first kappa shape index (κ1) is 15.5. The summed E-state index contributed by atoms with van der Waals surface area (Å²) < 4.78 is 5.31. The smallest absolute Gasteiger partial charge is 0.129 e. The Labute approximate surface area is 125 Å². The van der Waals surface area contributed by atoms with Crippen LogP contribution in [0.25, 0.3) is 0 Å². The van der Waals surface area contributed by atoms with Crippen LogP contribution in [0.4, 0.5) is 0 Å². The molecule has 0 spiro atoms. The third kappa shape index (κ3) is 2.94. The fourth-order valence-electron chi connectivity index (χ4n) is 2.63. The molecule has 0 saturated heterocycles. The van der Waals surface area contributed by atoms with Crippen molar-refractivity contribution in [2.24, 2.45) is 0 Å². The molecule has 0 aliphatic carbocycles. The molecule has 0 unspecified atom stereocenters. The van der Waals surface area contributed by atoms with Crippen LogP contribution in [-0.4, -0.2) is 17.3 Å². The van der Waals surface area contributed by atoms with Crippen molar-refractivity contribution in [1.29, 1.82) is 0 Å². The van der Waals surface area contributed by atoms with Gasteiger partial charge in [0.1, 0.15) is 5.75 Å². The Morgan fingerprint density at radius 3 is 1.86 bits per heavy atom. The van der Waals surface area contributed by atoms with Crippen molar-refractivity contribution < 1.29 is 14.9 Å². The van der Waals surface area contributed by atoms with Gasteiger partial charge in [-0.05, 0) is 23.3 Å². The summed E-state index contributed by atoms with van der Waals surface area (Å²) in [5.74, 6) is 0.563. The molecule has 0 aliphatic rings. The molecule has 0 heterocycles. The molecule has 3 nitrogen and oxygen atoms in total. The summed E-state index contributed by atoms with van der Waals surface area (Å²) >= 11 is 0. The highest BCUT2D eigenvalue weighted by Crippen LogP contribution is 2.36. The molecule has 0 amide bonds. The van der Waals surface area contributed by atoms with E-state index in [1.807, 2.05) is 30.3 Å². The van der Waals surface area contributed by atoms with E-state index in [0.717, 1.165) is 5.56 Å². The van der Waals surface area contributed by atoms with Crippen LogP contribution in [0.3, 0.4) is 0 Å². The minimum Gasteiger partial charge on any atom is -0.496 e. The zero-order chi connectivity index (χ0) is 15.5. The Bertz CT molecular complexity index is 578. The molecule has 0 radical (unpaired) electrons. The molecule has 0 saturated carbocycles. The van der Waals surface area contributed by atoms with E-state index in [9.17, 15) is 10.2 Å². The Morgan fingerprint density at radius 2 is 1.43 bits per heavy atom. The first-order valence-electron chi connectivity index (χ1n) is 7.02. The van der Waals surface area contributed by atoms with Crippen molar-refractivity contribution in [1.82, 2.24) is 0 Å². The van der Waals surface area contributed by atoms with E-state index >= 15 is 0 Å². The zero-order valence-electron chi connectivity index (χ0n) is 12.8. The van der Waals surface area contributed by atoms with Crippen molar-refractivity contribution in [3.63, 3.8) is 0 Å². The molecule has 2 N–H and O–H groups in total. The second-order valence-electron chi connectivity index (χ2n) is 5.63. The first-order chi connectivity index (χ1) is 10.0. The van der Waals surface area contributed by atoms with Gasteiger partial charge in [0.25, 0.3) is 0 Å². The van der Waals surface area contributed by atoms with Gasteiger partial charge in [0.2, 0.25) is 0 Å². The summed E-state index contributed by atoms with van der Waals surface area (Å²) in [5, 5.41) is 19.1. The molecule has 2 rings (SSSR count). The second-order valence-corrected chi connectivity index (χ2v) is 5.63. The predicted molar refractivity (Wildman–Crippen MR) is 83.4 cm³/mol. The summed E-state index contributed by atoms with van der Waals surface area (Å²) in [4.78, 5) is 0. The van der Waals surface area contributed by atoms with Crippen LogP contribution < -0.4 is 4.74 Å². The average Bonchev–Trinajstić information content (AvgIpc) is 2.54. The largest absolute Gasteiger partial charge is 0.496 e. The van der Waals surface area contributed by atoms with Gasteiger partial charge in [-0.3, -0.25) is 0 Å². The van der Waals surface area contributed by atoms with Gasteiger partial charge in [-0.2, -0.15) is 0 Å². The maximum atomic E-state index is 9.57. The fraction of sp³-hybridized carbons (Fsp3) is 0.333. The molecule has 0 aromatic heterocycles. The van der Waals surface area contributed by atoms with Crippen LogP contribution >= 0.6 is 0 Å². The maximum absolute atomic E-state index is 9.57. The summed E-state index contributed by atoms with van der Waals surface area (Å²) in [6.07, 6.45) is 0. The van der Waals surface area contributed by atoms with E-state index in [2.05, 4.69) is 26.0 Å². The molecular formula is C18H22O3. The normalized spacial score (nSPS) is 11.5. The molecule has 0 atom stereocenters. The number of aliphatic hydroxyl groups excluding tert-OH is 2. The molecule has 21 heavy (non-hydrogen) atoms. The maximum Gasteiger partial charge on any atom is 0.129 e. The van der Waals surface area contributed by atoms with Gasteiger partial charge < -0.3 is 14.9 Å². The first-order valence-corrected chi connectivity index (χ1v) is 7.02. The van der Waals surface area contributed by atoms with Crippen LogP contribution in [0.2, 0.25) is 0 Å². The third-order valence-corrected chi connectivity index (χ3v) is 4.00. The molecule has 0 bridgehead atoms. The summed E-state index contributed by atoms with van der Waals surface area (Å²) in [5.41, 5.74) is 3.40. The van der Waals surface area contributed by atoms with Crippen LogP contribution in [0.1, 0.15) is 36.1 Å². The Morgan fingerprint density at radius 1 is 0.905 bits per heavy atom. The average molecular weight is 286 g/mol. The number of hydrogen-bond acceptors (Lipinski definition) is 3. The van der Waals surface area contributed by atoms with E-state index in [1.54, 1.807) is 7.11 Å². The Hall–Kier alpha value is -1.84. The van der Waals surface area contributed by atoms with Gasteiger partial charge in [-0.1, -0.05) is 44.2 Å². The lowest BCUT2D eigenvalue weighted by molar-refractivity contribution is 0.260. The number of aliphatic hydroxyl groups is 2. The number of rotatable bonds is 5. The van der Waals surface area contributed by atoms with E-state index in [0.29, 0.717) is 16.9 Å². The highest BCUT2D eigenvalue weighted by Gasteiger charge is 2.25. The van der Waals surface area contributed by atoms with Crippen LogP contribution in [0.15, 0.2) is 42.5 Å². The van der Waals surface area contributed by atoms with E-state index in [-0.39, 0.29) is 18.6 Å². The number of methoxy groups -OCH3 is 1. The number of hydrogen-bond donors (Lipinski definition) is 2. The van der Waals surface area contributed by atoms with Crippen LogP contribution in [0.5, 0.6) is 5.75 Å². The monoisotopic (exact) mass is 286 g/mol. The van der Waals surface area contributed by atoms with Gasteiger partial charge in [-0.15, -0.1) is 0 Å². The molecule has 0 fully saturated rings. The summed E-state index contributed by atoms with van der Waals surface area (Å²) in [6.45, 7) is 4.03. The van der Waals surface area contributed by atoms with Crippen molar-refractivity contribution >= 4 is 0 Å². The van der Waals surface area contributed by atoms with Gasteiger partial charge in [-0.25, -0.2) is 0 Å². The van der Waals surface area contributed by atoms with E-state index in [1.165, 1.54) is 5.56 Å². The summed E-state index contributed by atoms with van der Waals surface area (Å²) in [7, 11) is 1.55. The lowest BCUT2D eigenvalue weighted by Gasteiger charge is -2.28. The van der Waals surface area contributed by atoms with Gasteiger partial charge in [0.15, 0.2) is 0 Å². The Balaban J connectivity index is 2.58. The lowest BCUT2D eigenvalue weighted by Crippen LogP contribution is -2.20. The molecule has 0 aliphatic heterocycles. The molecular weight excluding hydrogens is 264 g/mol. The predicted octanol–water partition coefficient (Wildman–Crippen LogP) is 3.01. The minimum absolute atomic E-state index is 0.116. The van der Waals surface area contributed by atoms with Crippen LogP contribution in [-0.2, 0) is 18.6 Å². The van der Waals surface area contributed by atoms with Crippen molar-refractivity contribution in [2.45, 2.75) is 32.5 Å². The van der Waals surface area contributed by atoms with Crippen molar-refractivity contribution in [3.8, 4) is 5.75 Å². The molecule has 2 aromatic carbocycles. The van der Waals surface area contributed by atoms with Gasteiger partial charge in [0.05, 0.1) is 20.3 Å². The highest BCUT2D eigenvalue weighted by atomic mass is 16.5. The topological polar surface area (TPSA) is 49.7 Å². The van der Waals surface area contributed by atoms with Gasteiger partial charge >= 0.3 is 0 Å². The SMILES string of the molecule is COc1c(CO)cc(C(C)(C)c2ccccc2)cc1CO. The molecule has 2 aromatic rings. The third-order valence-electron chi connectivity index (χ3n) is 4.00. The quantitative estimate of drug-likeness (QED) is 0.888. The second kappa shape index (κ2) is 6.29. The molecule has 112 valence electrons. The number of benzene rings is 2. The lowest BCUT2D eigenvalue weighted by atomic mass is 9.77.